The molecule has 0 amide bonds. The van der Waals surface area contributed by atoms with Gasteiger partial charge in [0.25, 0.3) is 0 Å². The highest BCUT2D eigenvalue weighted by Gasteiger charge is 2.46. The Morgan fingerprint density at radius 2 is 1.93 bits per heavy atom. The Balaban J connectivity index is 2.00. The van der Waals surface area contributed by atoms with E-state index in [0.29, 0.717) is 19.8 Å². The van der Waals surface area contributed by atoms with Crippen molar-refractivity contribution in [2.75, 3.05) is 19.8 Å². The van der Waals surface area contributed by atoms with Crippen molar-refractivity contribution in [2.45, 2.75) is 18.6 Å². The average Bonchev–Trinajstić information content (AvgIpc) is 2.88. The van der Waals surface area contributed by atoms with Crippen molar-refractivity contribution >= 4 is 0 Å². The number of ether oxygens (including phenoxy) is 3. The van der Waals surface area contributed by atoms with Gasteiger partial charge in [0.2, 0.25) is 0 Å². The van der Waals surface area contributed by atoms with Crippen LogP contribution in [0, 0.1) is 0 Å². The SMILES string of the molecule is C[C@@]1(C2OCCO2)COc2ccccc21. The van der Waals surface area contributed by atoms with Crippen LogP contribution in [0.5, 0.6) is 5.75 Å². The van der Waals surface area contributed by atoms with Crippen molar-refractivity contribution < 1.29 is 14.2 Å². The van der Waals surface area contributed by atoms with E-state index in [4.69, 9.17) is 14.2 Å². The first-order valence-corrected chi connectivity index (χ1v) is 5.26. The molecule has 1 fully saturated rings. The summed E-state index contributed by atoms with van der Waals surface area (Å²) in [5.41, 5.74) is 1.03. The van der Waals surface area contributed by atoms with E-state index in [1.54, 1.807) is 0 Å². The fraction of sp³-hybridized carbons (Fsp3) is 0.500. The second kappa shape index (κ2) is 3.22. The molecule has 15 heavy (non-hydrogen) atoms. The topological polar surface area (TPSA) is 27.7 Å². The molecule has 2 aliphatic rings. The van der Waals surface area contributed by atoms with Crippen molar-refractivity contribution in [3.63, 3.8) is 0 Å². The van der Waals surface area contributed by atoms with E-state index in [-0.39, 0.29) is 11.7 Å². The molecule has 2 aliphatic heterocycles. The fourth-order valence-electron chi connectivity index (χ4n) is 2.29. The molecule has 0 radical (unpaired) electrons. The minimum atomic E-state index is -0.166. The van der Waals surface area contributed by atoms with Crippen LogP contribution in [0.2, 0.25) is 0 Å². The van der Waals surface area contributed by atoms with E-state index in [1.165, 1.54) is 5.56 Å². The van der Waals surface area contributed by atoms with Gasteiger partial charge >= 0.3 is 0 Å². The van der Waals surface area contributed by atoms with Crippen LogP contribution in [-0.4, -0.2) is 26.1 Å². The minimum Gasteiger partial charge on any atom is -0.492 e. The van der Waals surface area contributed by atoms with Gasteiger partial charge in [0.05, 0.1) is 18.6 Å². The van der Waals surface area contributed by atoms with Crippen LogP contribution in [0.3, 0.4) is 0 Å². The quantitative estimate of drug-likeness (QED) is 0.700. The van der Waals surface area contributed by atoms with Crippen LogP contribution < -0.4 is 4.74 Å². The molecular formula is C12H14O3. The van der Waals surface area contributed by atoms with Gasteiger partial charge in [-0.3, -0.25) is 0 Å². The number of hydrogen-bond acceptors (Lipinski definition) is 3. The molecule has 3 heteroatoms. The molecule has 0 unspecified atom stereocenters. The maximum Gasteiger partial charge on any atom is 0.170 e. The summed E-state index contributed by atoms with van der Waals surface area (Å²) in [6, 6.07) is 8.10. The third-order valence-corrected chi connectivity index (χ3v) is 3.17. The summed E-state index contributed by atoms with van der Waals surface area (Å²) in [5.74, 6) is 0.958. The Labute approximate surface area is 89.0 Å². The molecule has 0 N–H and O–H groups in total. The van der Waals surface area contributed by atoms with E-state index in [0.717, 1.165) is 5.75 Å². The normalized spacial score (nSPS) is 30.2. The summed E-state index contributed by atoms with van der Waals surface area (Å²) in [6.07, 6.45) is -0.166. The molecule has 0 saturated carbocycles. The van der Waals surface area contributed by atoms with Gasteiger partial charge in [-0.05, 0) is 13.0 Å². The maximum absolute atomic E-state index is 5.67. The van der Waals surface area contributed by atoms with Crippen LogP contribution in [0.4, 0.5) is 0 Å². The van der Waals surface area contributed by atoms with Gasteiger partial charge in [-0.25, -0.2) is 0 Å². The molecule has 3 nitrogen and oxygen atoms in total. The monoisotopic (exact) mass is 206 g/mol. The van der Waals surface area contributed by atoms with Gasteiger partial charge in [-0.2, -0.15) is 0 Å². The molecule has 0 bridgehead atoms. The van der Waals surface area contributed by atoms with E-state index in [1.807, 2.05) is 18.2 Å². The van der Waals surface area contributed by atoms with Crippen molar-refractivity contribution in [3.05, 3.63) is 29.8 Å². The number of hydrogen-bond donors (Lipinski definition) is 0. The Kier molecular flexibility index (Phi) is 1.97. The second-order valence-electron chi connectivity index (χ2n) is 4.28. The third kappa shape index (κ3) is 1.27. The zero-order valence-corrected chi connectivity index (χ0v) is 8.73. The lowest BCUT2D eigenvalue weighted by atomic mass is 9.84. The lowest BCUT2D eigenvalue weighted by Gasteiger charge is -2.27. The van der Waals surface area contributed by atoms with Crippen molar-refractivity contribution in [2.24, 2.45) is 0 Å². The predicted molar refractivity (Wildman–Crippen MR) is 55.0 cm³/mol. The van der Waals surface area contributed by atoms with Crippen molar-refractivity contribution in [1.29, 1.82) is 0 Å². The molecule has 0 aliphatic carbocycles. The highest BCUT2D eigenvalue weighted by atomic mass is 16.7. The highest BCUT2D eigenvalue weighted by molar-refractivity contribution is 5.43. The van der Waals surface area contributed by atoms with Crippen LogP contribution >= 0.6 is 0 Å². The predicted octanol–water partition coefficient (Wildman–Crippen LogP) is 1.71. The highest BCUT2D eigenvalue weighted by Crippen LogP contribution is 2.42. The van der Waals surface area contributed by atoms with Gasteiger partial charge < -0.3 is 14.2 Å². The summed E-state index contributed by atoms with van der Waals surface area (Å²) in [7, 11) is 0. The van der Waals surface area contributed by atoms with E-state index < -0.39 is 0 Å². The zero-order chi connectivity index (χ0) is 10.3. The molecule has 80 valence electrons. The summed E-state index contributed by atoms with van der Waals surface area (Å²) in [5, 5.41) is 0. The third-order valence-electron chi connectivity index (χ3n) is 3.17. The lowest BCUT2D eigenvalue weighted by Crippen LogP contribution is -2.39. The first kappa shape index (κ1) is 9.19. The molecule has 2 heterocycles. The Hall–Kier alpha value is -1.06. The van der Waals surface area contributed by atoms with E-state index in [9.17, 15) is 0 Å². The number of fused-ring (bicyclic) bond motifs is 1. The maximum atomic E-state index is 5.67. The van der Waals surface area contributed by atoms with Crippen LogP contribution in [0.15, 0.2) is 24.3 Å². The summed E-state index contributed by atoms with van der Waals surface area (Å²) < 4.78 is 16.9. The number of rotatable bonds is 1. The first-order chi connectivity index (χ1) is 7.31. The second-order valence-corrected chi connectivity index (χ2v) is 4.28. The molecule has 1 aromatic carbocycles. The fourth-order valence-corrected chi connectivity index (χ4v) is 2.29. The molecule has 0 aromatic heterocycles. The largest absolute Gasteiger partial charge is 0.492 e. The number of para-hydroxylation sites is 1. The molecule has 1 saturated heterocycles. The van der Waals surface area contributed by atoms with Crippen LogP contribution in [-0.2, 0) is 14.9 Å². The van der Waals surface area contributed by atoms with E-state index in [2.05, 4.69) is 13.0 Å². The van der Waals surface area contributed by atoms with Gasteiger partial charge in [-0.1, -0.05) is 18.2 Å². The van der Waals surface area contributed by atoms with Crippen molar-refractivity contribution in [3.8, 4) is 5.75 Å². The van der Waals surface area contributed by atoms with Gasteiger partial charge in [0.15, 0.2) is 6.29 Å². The van der Waals surface area contributed by atoms with Gasteiger partial charge in [-0.15, -0.1) is 0 Å². The summed E-state index contributed by atoms with van der Waals surface area (Å²) in [6.45, 7) is 4.14. The van der Waals surface area contributed by atoms with Crippen molar-refractivity contribution in [1.82, 2.24) is 0 Å². The Bertz CT molecular complexity index is 371. The van der Waals surface area contributed by atoms with Gasteiger partial charge in [0.1, 0.15) is 12.4 Å². The smallest absolute Gasteiger partial charge is 0.170 e. The van der Waals surface area contributed by atoms with Crippen LogP contribution in [0.25, 0.3) is 0 Å². The summed E-state index contributed by atoms with van der Waals surface area (Å²) >= 11 is 0. The molecular weight excluding hydrogens is 192 g/mol. The molecule has 1 atom stereocenters. The molecule has 3 rings (SSSR count). The Morgan fingerprint density at radius 3 is 2.73 bits per heavy atom. The first-order valence-electron chi connectivity index (χ1n) is 5.26. The summed E-state index contributed by atoms with van der Waals surface area (Å²) in [4.78, 5) is 0. The molecule has 1 aromatic rings. The van der Waals surface area contributed by atoms with Crippen LogP contribution in [0.1, 0.15) is 12.5 Å². The number of benzene rings is 1. The molecule has 0 spiro atoms. The minimum absolute atomic E-state index is 0.160. The standard InChI is InChI=1S/C12H14O3/c1-12(11-13-6-7-14-11)8-15-10-5-3-2-4-9(10)12/h2-5,11H,6-8H2,1H3/t12-/m1/s1. The van der Waals surface area contributed by atoms with Gasteiger partial charge in [0, 0.05) is 5.56 Å². The Morgan fingerprint density at radius 1 is 1.20 bits per heavy atom. The average molecular weight is 206 g/mol. The zero-order valence-electron chi connectivity index (χ0n) is 8.73. The van der Waals surface area contributed by atoms with E-state index >= 15 is 0 Å². The lowest BCUT2D eigenvalue weighted by molar-refractivity contribution is -0.0974.